The van der Waals surface area contributed by atoms with E-state index in [2.05, 4.69) is 0 Å². The van der Waals surface area contributed by atoms with Crippen LogP contribution in [0, 0.1) is 0 Å². The van der Waals surface area contributed by atoms with Crippen LogP contribution in [-0.4, -0.2) is 44.0 Å². The van der Waals surface area contributed by atoms with Crippen molar-refractivity contribution in [2.24, 2.45) is 0 Å². The minimum atomic E-state index is -0.0827. The molecule has 24 heavy (non-hydrogen) atoms. The molecular formula is C18H20ClN3O2. The van der Waals surface area contributed by atoms with Crippen LogP contribution >= 0.6 is 12.4 Å². The van der Waals surface area contributed by atoms with Crippen LogP contribution in [0.4, 0.5) is 11.4 Å². The van der Waals surface area contributed by atoms with Gasteiger partial charge in [-0.15, -0.1) is 12.4 Å². The summed E-state index contributed by atoms with van der Waals surface area (Å²) >= 11 is 0. The summed E-state index contributed by atoms with van der Waals surface area (Å²) in [6.07, 6.45) is 0. The van der Waals surface area contributed by atoms with Gasteiger partial charge in [-0.25, -0.2) is 0 Å². The number of nitrogens with zero attached hydrogens (tertiary/aromatic N) is 3. The molecule has 0 saturated heterocycles. The van der Waals surface area contributed by atoms with Gasteiger partial charge in [0.15, 0.2) is 0 Å². The number of amides is 2. The second kappa shape index (κ2) is 7.47. The highest BCUT2D eigenvalue weighted by molar-refractivity contribution is 6.15. The Morgan fingerprint density at radius 3 is 2.33 bits per heavy atom. The molecule has 0 unspecified atom stereocenters. The Kier molecular flexibility index (Phi) is 5.59. The number of rotatable bonds is 3. The lowest BCUT2D eigenvalue weighted by Crippen LogP contribution is -2.51. The highest BCUT2D eigenvalue weighted by Gasteiger charge is 2.32. The van der Waals surface area contributed by atoms with Crippen LogP contribution in [0.1, 0.15) is 10.4 Å². The van der Waals surface area contributed by atoms with E-state index in [9.17, 15) is 9.59 Å². The van der Waals surface area contributed by atoms with E-state index in [1.807, 2.05) is 67.5 Å². The van der Waals surface area contributed by atoms with Gasteiger partial charge in [0.25, 0.3) is 5.91 Å². The molecule has 0 fully saturated rings. The fourth-order valence-corrected chi connectivity index (χ4v) is 2.69. The summed E-state index contributed by atoms with van der Waals surface area (Å²) in [5.41, 5.74) is 2.01. The van der Waals surface area contributed by atoms with Gasteiger partial charge in [-0.2, -0.15) is 0 Å². The number of hydrogen-bond donors (Lipinski definition) is 0. The van der Waals surface area contributed by atoms with Crippen molar-refractivity contribution in [3.63, 3.8) is 0 Å². The number of benzene rings is 2. The normalized spacial score (nSPS) is 13.5. The van der Waals surface area contributed by atoms with Crippen LogP contribution in [-0.2, 0) is 4.79 Å². The van der Waals surface area contributed by atoms with Crippen LogP contribution in [0.3, 0.4) is 0 Å². The largest absolute Gasteiger partial charge is 0.301 e. The predicted octanol–water partition coefficient (Wildman–Crippen LogP) is 2.62. The molecule has 2 aromatic carbocycles. The van der Waals surface area contributed by atoms with E-state index < -0.39 is 0 Å². The Labute approximate surface area is 147 Å². The van der Waals surface area contributed by atoms with Crippen molar-refractivity contribution in [2.75, 3.05) is 37.1 Å². The Hall–Kier alpha value is -2.37. The zero-order chi connectivity index (χ0) is 16.4. The quantitative estimate of drug-likeness (QED) is 0.859. The Morgan fingerprint density at radius 1 is 1.04 bits per heavy atom. The summed E-state index contributed by atoms with van der Waals surface area (Å²) in [5.74, 6) is -0.114. The van der Waals surface area contributed by atoms with Crippen molar-refractivity contribution in [1.29, 1.82) is 0 Å². The molecule has 6 heteroatoms. The monoisotopic (exact) mass is 345 g/mol. The molecule has 5 nitrogen and oxygen atoms in total. The summed E-state index contributed by atoms with van der Waals surface area (Å²) in [4.78, 5) is 30.5. The zero-order valence-electron chi connectivity index (χ0n) is 13.7. The van der Waals surface area contributed by atoms with Gasteiger partial charge in [0, 0.05) is 5.69 Å². The molecule has 126 valence electrons. The molecule has 0 aliphatic carbocycles. The van der Waals surface area contributed by atoms with E-state index in [4.69, 9.17) is 0 Å². The van der Waals surface area contributed by atoms with Gasteiger partial charge in [-0.3, -0.25) is 19.4 Å². The molecule has 0 N–H and O–H groups in total. The van der Waals surface area contributed by atoms with Gasteiger partial charge in [0.1, 0.15) is 6.67 Å². The molecule has 0 aromatic heterocycles. The first kappa shape index (κ1) is 18.0. The molecule has 0 bridgehead atoms. The number of carbonyl (C=O) groups excluding carboxylic acids is 2. The van der Waals surface area contributed by atoms with E-state index in [-0.39, 0.29) is 30.9 Å². The number of halogens is 1. The lowest BCUT2D eigenvalue weighted by Gasteiger charge is -2.37. The summed E-state index contributed by atoms with van der Waals surface area (Å²) in [6, 6.07) is 16.7. The lowest BCUT2D eigenvalue weighted by molar-refractivity contribution is -0.119. The maximum Gasteiger partial charge on any atom is 0.261 e. The highest BCUT2D eigenvalue weighted by atomic mass is 35.5. The van der Waals surface area contributed by atoms with Gasteiger partial charge in [-0.05, 0) is 38.4 Å². The first-order valence-electron chi connectivity index (χ1n) is 7.49. The fourth-order valence-electron chi connectivity index (χ4n) is 2.69. The summed E-state index contributed by atoms with van der Waals surface area (Å²) < 4.78 is 0. The number of carbonyl (C=O) groups is 2. The average Bonchev–Trinajstić information content (AvgIpc) is 2.55. The SMILES string of the molecule is CN(C)CC(=O)N1CN(c2ccccc2)C(=O)c2ccccc21.Cl. The van der Waals surface area contributed by atoms with Gasteiger partial charge in [0.05, 0.1) is 17.8 Å². The van der Waals surface area contributed by atoms with Crippen LogP contribution in [0.25, 0.3) is 0 Å². The van der Waals surface area contributed by atoms with Crippen LogP contribution in [0.15, 0.2) is 54.6 Å². The van der Waals surface area contributed by atoms with Crippen molar-refractivity contribution in [1.82, 2.24) is 4.90 Å². The third-order valence-corrected chi connectivity index (χ3v) is 3.77. The first-order valence-corrected chi connectivity index (χ1v) is 7.49. The lowest BCUT2D eigenvalue weighted by atomic mass is 10.1. The number of likely N-dealkylation sites (N-methyl/N-ethyl adjacent to an activating group) is 1. The Bertz CT molecular complexity index is 734. The maximum atomic E-state index is 12.8. The third kappa shape index (κ3) is 3.42. The number of anilines is 2. The van der Waals surface area contributed by atoms with Crippen LogP contribution in [0.5, 0.6) is 0 Å². The molecule has 1 aliphatic rings. The van der Waals surface area contributed by atoms with Gasteiger partial charge in [-0.1, -0.05) is 30.3 Å². The van der Waals surface area contributed by atoms with E-state index in [0.29, 0.717) is 17.8 Å². The smallest absolute Gasteiger partial charge is 0.261 e. The number of hydrogen-bond acceptors (Lipinski definition) is 3. The highest BCUT2D eigenvalue weighted by Crippen LogP contribution is 2.30. The minimum absolute atomic E-state index is 0. The van der Waals surface area contributed by atoms with Crippen molar-refractivity contribution < 1.29 is 9.59 Å². The summed E-state index contributed by atoms with van der Waals surface area (Å²) in [7, 11) is 3.71. The molecule has 2 aromatic rings. The van der Waals surface area contributed by atoms with Gasteiger partial charge < -0.3 is 4.90 Å². The molecule has 0 atom stereocenters. The Morgan fingerprint density at radius 2 is 1.67 bits per heavy atom. The topological polar surface area (TPSA) is 43.9 Å². The Balaban J connectivity index is 0.00000208. The predicted molar refractivity (Wildman–Crippen MR) is 97.8 cm³/mol. The molecule has 2 amide bonds. The summed E-state index contributed by atoms with van der Waals surface area (Å²) in [6.45, 7) is 0.525. The van der Waals surface area contributed by atoms with Crippen LogP contribution < -0.4 is 9.80 Å². The molecular weight excluding hydrogens is 326 g/mol. The minimum Gasteiger partial charge on any atom is -0.301 e. The van der Waals surface area contributed by atoms with E-state index in [0.717, 1.165) is 5.69 Å². The third-order valence-electron chi connectivity index (χ3n) is 3.77. The van der Waals surface area contributed by atoms with E-state index in [1.54, 1.807) is 15.9 Å². The number of fused-ring (bicyclic) bond motifs is 1. The first-order chi connectivity index (χ1) is 11.1. The second-order valence-corrected chi connectivity index (χ2v) is 5.79. The average molecular weight is 346 g/mol. The van der Waals surface area contributed by atoms with E-state index in [1.165, 1.54) is 0 Å². The fraction of sp³-hybridized carbons (Fsp3) is 0.222. The molecule has 0 saturated carbocycles. The van der Waals surface area contributed by atoms with Crippen molar-refractivity contribution in [3.8, 4) is 0 Å². The second-order valence-electron chi connectivity index (χ2n) is 5.79. The molecule has 3 rings (SSSR count). The molecule has 0 radical (unpaired) electrons. The van der Waals surface area contributed by atoms with Crippen molar-refractivity contribution in [2.45, 2.75) is 0 Å². The maximum absolute atomic E-state index is 12.8. The molecule has 0 spiro atoms. The molecule has 1 heterocycles. The van der Waals surface area contributed by atoms with Crippen molar-refractivity contribution >= 4 is 35.6 Å². The standard InChI is InChI=1S/C18H19N3O2.ClH/c1-19(2)12-17(22)21-13-20(14-8-4-3-5-9-14)18(23)15-10-6-7-11-16(15)21;/h3-11H,12-13H2,1-2H3;1H. The molecule has 1 aliphatic heterocycles. The van der Waals surface area contributed by atoms with Gasteiger partial charge in [0.2, 0.25) is 5.91 Å². The van der Waals surface area contributed by atoms with Crippen LogP contribution in [0.2, 0.25) is 0 Å². The zero-order valence-corrected chi connectivity index (χ0v) is 14.5. The van der Waals surface area contributed by atoms with Gasteiger partial charge >= 0.3 is 0 Å². The van der Waals surface area contributed by atoms with Crippen molar-refractivity contribution in [3.05, 3.63) is 60.2 Å². The number of para-hydroxylation sites is 2. The summed E-state index contributed by atoms with van der Waals surface area (Å²) in [5, 5.41) is 0. The van der Waals surface area contributed by atoms with E-state index >= 15 is 0 Å².